The third kappa shape index (κ3) is 4.65. The van der Waals surface area contributed by atoms with Crippen molar-refractivity contribution in [3.8, 4) is 0 Å². The maximum absolute atomic E-state index is 5.38. The van der Waals surface area contributed by atoms with Crippen LogP contribution in [-0.4, -0.2) is 21.4 Å². The zero-order valence-corrected chi connectivity index (χ0v) is 28.8. The normalized spacial score (nSPS) is 21.2. The molecule has 4 heteroatoms. The van der Waals surface area contributed by atoms with Gasteiger partial charge in [0.25, 0.3) is 0 Å². The molecule has 0 atom stereocenters. The lowest BCUT2D eigenvalue weighted by atomic mass is 9.82. The Bertz CT molecular complexity index is 1950. The molecule has 4 aromatic rings. The van der Waals surface area contributed by atoms with Crippen molar-refractivity contribution in [2.24, 2.45) is 15.4 Å². The van der Waals surface area contributed by atoms with Gasteiger partial charge in [0.2, 0.25) is 0 Å². The zero-order valence-electron chi connectivity index (χ0n) is 28.8. The van der Waals surface area contributed by atoms with Crippen LogP contribution in [-0.2, 0) is 5.41 Å². The first-order chi connectivity index (χ1) is 21.8. The molecule has 0 unspecified atom stereocenters. The summed E-state index contributed by atoms with van der Waals surface area (Å²) in [4.78, 5) is 18.5. The van der Waals surface area contributed by atoms with Crippen LogP contribution in [0.2, 0.25) is 0 Å². The molecule has 46 heavy (non-hydrogen) atoms. The third-order valence-electron chi connectivity index (χ3n) is 10.2. The molecule has 3 aliphatic heterocycles. The van der Waals surface area contributed by atoms with E-state index in [-0.39, 0.29) is 5.41 Å². The number of aromatic amines is 2. The van der Waals surface area contributed by atoms with Crippen molar-refractivity contribution < 1.29 is 0 Å². The highest BCUT2D eigenvalue weighted by atomic mass is 14.9. The number of H-pyrrole nitrogens is 2. The van der Waals surface area contributed by atoms with E-state index in [0.717, 1.165) is 56.7 Å². The Labute approximate surface area is 273 Å². The van der Waals surface area contributed by atoms with Crippen LogP contribution in [0.3, 0.4) is 0 Å². The van der Waals surface area contributed by atoms with E-state index < -0.39 is 5.41 Å². The van der Waals surface area contributed by atoms with Gasteiger partial charge >= 0.3 is 0 Å². The predicted molar refractivity (Wildman–Crippen MR) is 194 cm³/mol. The van der Waals surface area contributed by atoms with Gasteiger partial charge in [-0.05, 0) is 151 Å². The summed E-state index contributed by atoms with van der Waals surface area (Å²) in [7, 11) is 0. The van der Waals surface area contributed by atoms with Crippen LogP contribution >= 0.6 is 0 Å². The molecule has 0 aliphatic carbocycles. The summed E-state index contributed by atoms with van der Waals surface area (Å²) in [6, 6.07) is 18.0. The van der Waals surface area contributed by atoms with Crippen molar-refractivity contribution in [2.75, 3.05) is 0 Å². The topological polar surface area (TPSA) is 56.3 Å². The Kier molecular flexibility index (Phi) is 6.79. The molecule has 5 heterocycles. The Morgan fingerprint density at radius 3 is 1.22 bits per heavy atom. The summed E-state index contributed by atoms with van der Waals surface area (Å²) >= 11 is 0. The smallest absolute Gasteiger partial charge is 0.0733 e. The molecule has 0 saturated heterocycles. The van der Waals surface area contributed by atoms with E-state index in [0.29, 0.717) is 0 Å². The van der Waals surface area contributed by atoms with Crippen molar-refractivity contribution >= 4 is 22.6 Å². The lowest BCUT2D eigenvalue weighted by Crippen LogP contribution is -2.30. The SMILES string of the molecule is Cc1cc(C)c(/C2=C3\C=CC(=N3)C(C)(C)C3=N/C(=C(/c4c(C)cc(C)cc4C)c4ccc([nH]4)C(C)(C)c4ccc2[nH]4)C=C3)c(C)c1. The second-order valence-corrected chi connectivity index (χ2v) is 14.6. The molecular weight excluding hydrogens is 560 g/mol. The number of rotatable bonds is 2. The molecule has 0 fully saturated rings. The van der Waals surface area contributed by atoms with Crippen LogP contribution < -0.4 is 0 Å². The van der Waals surface area contributed by atoms with Crippen molar-refractivity contribution in [1.29, 1.82) is 0 Å². The van der Waals surface area contributed by atoms with Crippen molar-refractivity contribution in [1.82, 2.24) is 9.97 Å². The Morgan fingerprint density at radius 1 is 0.478 bits per heavy atom. The number of aryl methyl sites for hydroxylation is 6. The summed E-state index contributed by atoms with van der Waals surface area (Å²) in [6.07, 6.45) is 8.74. The van der Waals surface area contributed by atoms with E-state index in [1.54, 1.807) is 0 Å². The molecule has 2 N–H and O–H groups in total. The highest BCUT2D eigenvalue weighted by molar-refractivity contribution is 6.22. The molecule has 4 nitrogen and oxygen atoms in total. The average Bonchev–Trinajstić information content (AvgIpc) is 3.79. The Hall–Kier alpha value is -4.70. The van der Waals surface area contributed by atoms with Gasteiger partial charge in [0, 0.05) is 44.8 Å². The van der Waals surface area contributed by atoms with Crippen LogP contribution in [0, 0.1) is 47.0 Å². The van der Waals surface area contributed by atoms with Crippen molar-refractivity contribution in [2.45, 2.75) is 74.7 Å². The fourth-order valence-corrected chi connectivity index (χ4v) is 7.74. The second-order valence-electron chi connectivity index (χ2n) is 14.6. The maximum atomic E-state index is 5.38. The van der Waals surface area contributed by atoms with Gasteiger partial charge in [0.1, 0.15) is 0 Å². The fraction of sp³-hybridized carbons (Fsp3) is 0.286. The Balaban J connectivity index is 1.54. The maximum Gasteiger partial charge on any atom is 0.0733 e. The number of nitrogens with one attached hydrogen (secondary N) is 2. The molecule has 2 aromatic heterocycles. The van der Waals surface area contributed by atoms with Crippen LogP contribution in [0.5, 0.6) is 0 Å². The quantitative estimate of drug-likeness (QED) is 0.229. The number of benzene rings is 2. The standard InChI is InChI=1S/C42H44N4/c1-23-19-25(3)37(26(4)20-23)39-29-11-15-33(43-29)41(7,8)35-17-13-31(45-35)40(38-27(5)21-24(2)22-28(38)6)32-14-18-36(46-32)42(9,10)34-16-12-30(39)44-34/h11-22,43,45H,1-10H3/b39-30+,40-32+. The van der Waals surface area contributed by atoms with E-state index in [4.69, 9.17) is 9.98 Å². The highest BCUT2D eigenvalue weighted by Gasteiger charge is 2.35. The van der Waals surface area contributed by atoms with Gasteiger partial charge in [0.05, 0.1) is 22.8 Å². The van der Waals surface area contributed by atoms with Crippen LogP contribution in [0.25, 0.3) is 11.1 Å². The number of aromatic nitrogens is 2. The van der Waals surface area contributed by atoms with Gasteiger partial charge in [-0.1, -0.05) is 35.4 Å². The minimum absolute atomic E-state index is 0.310. The zero-order chi connectivity index (χ0) is 32.7. The van der Waals surface area contributed by atoms with Gasteiger partial charge < -0.3 is 9.97 Å². The van der Waals surface area contributed by atoms with Crippen LogP contribution in [0.1, 0.15) is 95.0 Å². The van der Waals surface area contributed by atoms with E-state index in [1.165, 1.54) is 44.5 Å². The number of fused-ring (bicyclic) bond motifs is 6. The number of hydrogen-bond donors (Lipinski definition) is 2. The molecule has 0 amide bonds. The molecule has 0 saturated carbocycles. The van der Waals surface area contributed by atoms with E-state index >= 15 is 0 Å². The van der Waals surface area contributed by atoms with E-state index in [1.807, 2.05) is 0 Å². The molecule has 2 aromatic carbocycles. The molecule has 8 bridgehead atoms. The largest absolute Gasteiger partial charge is 0.358 e. The van der Waals surface area contributed by atoms with Gasteiger partial charge in [-0.15, -0.1) is 0 Å². The summed E-state index contributed by atoms with van der Waals surface area (Å²) in [6.45, 7) is 22.2. The fourth-order valence-electron chi connectivity index (χ4n) is 7.74. The van der Waals surface area contributed by atoms with Crippen LogP contribution in [0.4, 0.5) is 0 Å². The monoisotopic (exact) mass is 604 g/mol. The minimum atomic E-state index is -0.400. The molecule has 0 spiro atoms. The molecular formula is C42H44N4. The summed E-state index contributed by atoms with van der Waals surface area (Å²) in [5, 5.41) is 0. The van der Waals surface area contributed by atoms with Crippen molar-refractivity contribution in [3.63, 3.8) is 0 Å². The predicted octanol–water partition coefficient (Wildman–Crippen LogP) is 10.1. The van der Waals surface area contributed by atoms with Gasteiger partial charge in [-0.25, -0.2) is 0 Å². The van der Waals surface area contributed by atoms with E-state index in [2.05, 4.69) is 152 Å². The number of allylic oxidation sites excluding steroid dienone is 4. The summed E-state index contributed by atoms with van der Waals surface area (Å²) in [5.74, 6) is 0. The number of hydrogen-bond acceptors (Lipinski definition) is 2. The molecule has 0 radical (unpaired) electrons. The van der Waals surface area contributed by atoms with Gasteiger partial charge in [0.15, 0.2) is 0 Å². The number of aliphatic imine (C=N–C) groups is 2. The summed E-state index contributed by atoms with van der Waals surface area (Å²) in [5.41, 5.74) is 20.0. The Morgan fingerprint density at radius 2 is 0.848 bits per heavy atom. The molecule has 232 valence electrons. The average molecular weight is 605 g/mol. The second kappa shape index (κ2) is 10.4. The first-order valence-electron chi connectivity index (χ1n) is 16.3. The minimum Gasteiger partial charge on any atom is -0.358 e. The first-order valence-corrected chi connectivity index (χ1v) is 16.3. The van der Waals surface area contributed by atoms with Gasteiger partial charge in [-0.3, -0.25) is 9.98 Å². The number of nitrogens with zero attached hydrogens (tertiary/aromatic N) is 2. The molecule has 7 rings (SSSR count). The lowest BCUT2D eigenvalue weighted by molar-refractivity contribution is 0.602. The van der Waals surface area contributed by atoms with Crippen molar-refractivity contribution in [3.05, 3.63) is 152 Å². The third-order valence-corrected chi connectivity index (χ3v) is 10.2. The van der Waals surface area contributed by atoms with E-state index in [9.17, 15) is 0 Å². The first kappa shape index (κ1) is 30.0. The summed E-state index contributed by atoms with van der Waals surface area (Å²) < 4.78 is 0. The highest BCUT2D eigenvalue weighted by Crippen LogP contribution is 2.42. The van der Waals surface area contributed by atoms with Gasteiger partial charge in [-0.2, -0.15) is 0 Å². The van der Waals surface area contributed by atoms with Crippen LogP contribution in [0.15, 0.2) is 94.2 Å². The lowest BCUT2D eigenvalue weighted by Gasteiger charge is -2.24. The molecule has 3 aliphatic rings.